The summed E-state index contributed by atoms with van der Waals surface area (Å²) in [4.78, 5) is 9.76. The second kappa shape index (κ2) is 8.38. The molecule has 0 aliphatic rings. The second-order valence-corrected chi connectivity index (χ2v) is 10.0. The van der Waals surface area contributed by atoms with Gasteiger partial charge in [-0.2, -0.15) is 0 Å². The Morgan fingerprint density at radius 2 is 1.39 bits per heavy atom. The van der Waals surface area contributed by atoms with Gasteiger partial charge in [-0.05, 0) is 23.8 Å². The van der Waals surface area contributed by atoms with Gasteiger partial charge in [0.1, 0.15) is 5.15 Å². The van der Waals surface area contributed by atoms with E-state index in [0.29, 0.717) is 11.0 Å². The van der Waals surface area contributed by atoms with Crippen molar-refractivity contribution in [3.8, 4) is 33.8 Å². The number of hydrogen-bond donors (Lipinski definition) is 0. The monoisotopic (exact) mass is 526 g/mol. The SMILES string of the molecule is Clc1nc(-c2ccc3c(c2)sc2cccc(Br)c23)nc(-c2ccccc2)c1-c1ccccc1. The third kappa shape index (κ3) is 3.65. The number of benzene rings is 4. The normalized spacial score (nSPS) is 11.3. The molecule has 0 saturated heterocycles. The first-order valence-corrected chi connectivity index (χ1v) is 12.5. The van der Waals surface area contributed by atoms with Gasteiger partial charge >= 0.3 is 0 Å². The molecule has 0 radical (unpaired) electrons. The number of hydrogen-bond acceptors (Lipinski definition) is 3. The third-order valence-corrected chi connectivity index (χ3v) is 7.73. The highest BCUT2D eigenvalue weighted by Gasteiger charge is 2.18. The second-order valence-electron chi connectivity index (χ2n) is 7.72. The Morgan fingerprint density at radius 3 is 2.15 bits per heavy atom. The summed E-state index contributed by atoms with van der Waals surface area (Å²) in [6.07, 6.45) is 0. The van der Waals surface area contributed by atoms with Crippen LogP contribution in [0.3, 0.4) is 0 Å². The number of fused-ring (bicyclic) bond motifs is 3. The van der Waals surface area contributed by atoms with Gasteiger partial charge in [0.2, 0.25) is 0 Å². The fourth-order valence-corrected chi connectivity index (χ4v) is 6.31. The van der Waals surface area contributed by atoms with Gasteiger partial charge in [0.15, 0.2) is 5.82 Å². The maximum absolute atomic E-state index is 6.82. The van der Waals surface area contributed by atoms with Crippen LogP contribution in [0.4, 0.5) is 0 Å². The van der Waals surface area contributed by atoms with Crippen LogP contribution in [0, 0.1) is 0 Å². The van der Waals surface area contributed by atoms with E-state index >= 15 is 0 Å². The smallest absolute Gasteiger partial charge is 0.161 e. The van der Waals surface area contributed by atoms with E-state index in [9.17, 15) is 0 Å². The quantitative estimate of drug-likeness (QED) is 0.214. The van der Waals surface area contributed by atoms with E-state index < -0.39 is 0 Å². The minimum absolute atomic E-state index is 0.448. The van der Waals surface area contributed by atoms with Gasteiger partial charge in [-0.1, -0.05) is 106 Å². The highest BCUT2D eigenvalue weighted by Crippen LogP contribution is 2.41. The Bertz CT molecular complexity index is 1630. The van der Waals surface area contributed by atoms with Crippen molar-refractivity contribution >= 4 is 59.0 Å². The summed E-state index contributed by atoms with van der Waals surface area (Å²) < 4.78 is 3.55. The molecule has 6 aromatic rings. The van der Waals surface area contributed by atoms with E-state index in [0.717, 1.165) is 32.4 Å². The molecular formula is C28H16BrClN2S. The van der Waals surface area contributed by atoms with E-state index in [1.54, 1.807) is 11.3 Å². The van der Waals surface area contributed by atoms with Crippen LogP contribution in [0.15, 0.2) is 102 Å². The van der Waals surface area contributed by atoms with Crippen molar-refractivity contribution < 1.29 is 0 Å². The van der Waals surface area contributed by atoms with Crippen LogP contribution in [0.2, 0.25) is 5.15 Å². The molecule has 0 N–H and O–H groups in total. The van der Waals surface area contributed by atoms with Gasteiger partial charge in [0.25, 0.3) is 0 Å². The first-order chi connectivity index (χ1) is 16.2. The minimum Gasteiger partial charge on any atom is -0.227 e. The van der Waals surface area contributed by atoms with E-state index in [-0.39, 0.29) is 0 Å². The molecule has 0 atom stereocenters. The van der Waals surface area contributed by atoms with E-state index in [4.69, 9.17) is 21.6 Å². The predicted octanol–water partition coefficient (Wildman–Crippen LogP) is 9.26. The lowest BCUT2D eigenvalue weighted by Gasteiger charge is -2.13. The fourth-order valence-electron chi connectivity index (χ4n) is 4.15. The summed E-state index contributed by atoms with van der Waals surface area (Å²) in [6.45, 7) is 0. The summed E-state index contributed by atoms with van der Waals surface area (Å²) in [5, 5.41) is 2.91. The lowest BCUT2D eigenvalue weighted by molar-refractivity contribution is 1.18. The maximum Gasteiger partial charge on any atom is 0.161 e. The molecule has 2 nitrogen and oxygen atoms in total. The van der Waals surface area contributed by atoms with Gasteiger partial charge in [0, 0.05) is 41.3 Å². The van der Waals surface area contributed by atoms with Crippen molar-refractivity contribution in [2.24, 2.45) is 0 Å². The highest BCUT2D eigenvalue weighted by molar-refractivity contribution is 9.10. The molecule has 2 heterocycles. The third-order valence-electron chi connectivity index (χ3n) is 5.68. The molecule has 0 aliphatic carbocycles. The largest absolute Gasteiger partial charge is 0.227 e. The van der Waals surface area contributed by atoms with Crippen LogP contribution >= 0.6 is 38.9 Å². The van der Waals surface area contributed by atoms with Crippen molar-refractivity contribution in [1.82, 2.24) is 9.97 Å². The highest BCUT2D eigenvalue weighted by atomic mass is 79.9. The van der Waals surface area contributed by atoms with Crippen molar-refractivity contribution in [3.05, 3.63) is 107 Å². The van der Waals surface area contributed by atoms with Crippen LogP contribution < -0.4 is 0 Å². The first-order valence-electron chi connectivity index (χ1n) is 10.5. The fraction of sp³-hybridized carbons (Fsp3) is 0. The molecule has 158 valence electrons. The number of halogens is 2. The van der Waals surface area contributed by atoms with Gasteiger partial charge in [-0.3, -0.25) is 0 Å². The van der Waals surface area contributed by atoms with Gasteiger partial charge < -0.3 is 0 Å². The summed E-state index contributed by atoms with van der Waals surface area (Å²) in [5.74, 6) is 0.622. The zero-order valence-corrected chi connectivity index (χ0v) is 20.5. The Kier molecular flexibility index (Phi) is 5.22. The molecule has 33 heavy (non-hydrogen) atoms. The van der Waals surface area contributed by atoms with Gasteiger partial charge in [-0.15, -0.1) is 11.3 Å². The zero-order chi connectivity index (χ0) is 22.4. The van der Waals surface area contributed by atoms with Crippen molar-refractivity contribution in [1.29, 1.82) is 0 Å². The molecule has 0 amide bonds. The van der Waals surface area contributed by atoms with Crippen LogP contribution in [0.5, 0.6) is 0 Å². The predicted molar refractivity (Wildman–Crippen MR) is 144 cm³/mol. The van der Waals surface area contributed by atoms with Gasteiger partial charge in [0.05, 0.1) is 5.69 Å². The Hall–Kier alpha value is -3.05. The number of thiophene rings is 1. The lowest BCUT2D eigenvalue weighted by atomic mass is 10.0. The van der Waals surface area contributed by atoms with E-state index in [1.807, 2.05) is 48.5 Å². The maximum atomic E-state index is 6.82. The summed E-state index contributed by atoms with van der Waals surface area (Å²) in [5.41, 5.74) is 4.63. The number of nitrogens with zero attached hydrogens (tertiary/aromatic N) is 2. The average Bonchev–Trinajstić information content (AvgIpc) is 3.23. The molecule has 0 unspecified atom stereocenters. The van der Waals surface area contributed by atoms with Crippen LogP contribution in [0.1, 0.15) is 0 Å². The standard InChI is InChI=1S/C28H16BrClN2S/c29-21-12-7-13-22-25(21)20-15-14-19(16-23(20)33-22)28-31-26(18-10-5-2-6-11-18)24(27(30)32-28)17-8-3-1-4-9-17/h1-16H. The summed E-state index contributed by atoms with van der Waals surface area (Å²) in [6, 6.07) is 32.9. The topological polar surface area (TPSA) is 25.8 Å². The van der Waals surface area contributed by atoms with E-state index in [2.05, 4.69) is 64.5 Å². The molecule has 0 saturated carbocycles. The molecule has 0 aliphatic heterocycles. The van der Waals surface area contributed by atoms with Crippen LogP contribution in [-0.4, -0.2) is 9.97 Å². The molecule has 0 fully saturated rings. The average molecular weight is 528 g/mol. The van der Waals surface area contributed by atoms with Crippen molar-refractivity contribution in [2.75, 3.05) is 0 Å². The van der Waals surface area contributed by atoms with E-state index in [1.165, 1.54) is 20.2 Å². The number of rotatable bonds is 3. The van der Waals surface area contributed by atoms with Crippen LogP contribution in [0.25, 0.3) is 53.9 Å². The Balaban J connectivity index is 1.58. The van der Waals surface area contributed by atoms with Crippen LogP contribution in [-0.2, 0) is 0 Å². The lowest BCUT2D eigenvalue weighted by Crippen LogP contribution is -1.98. The molecule has 4 aromatic carbocycles. The molecule has 6 rings (SSSR count). The molecule has 0 spiro atoms. The zero-order valence-electron chi connectivity index (χ0n) is 17.3. The first kappa shape index (κ1) is 20.5. The number of aromatic nitrogens is 2. The van der Waals surface area contributed by atoms with Crippen molar-refractivity contribution in [3.63, 3.8) is 0 Å². The molecule has 0 bridgehead atoms. The molecule has 2 aromatic heterocycles. The van der Waals surface area contributed by atoms with Crippen molar-refractivity contribution in [2.45, 2.75) is 0 Å². The summed E-state index contributed by atoms with van der Waals surface area (Å²) >= 11 is 12.3. The van der Waals surface area contributed by atoms with Gasteiger partial charge in [-0.25, -0.2) is 9.97 Å². The molecule has 5 heteroatoms. The minimum atomic E-state index is 0.448. The Labute approximate surface area is 208 Å². The molecular weight excluding hydrogens is 512 g/mol. The Morgan fingerprint density at radius 1 is 0.667 bits per heavy atom. The summed E-state index contributed by atoms with van der Waals surface area (Å²) in [7, 11) is 0.